The molecule has 1 aromatic carbocycles. The minimum atomic E-state index is -0.901. The Bertz CT molecular complexity index is 522. The molecule has 0 saturated heterocycles. The predicted octanol–water partition coefficient (Wildman–Crippen LogP) is 2.71. The fraction of sp³-hybridized carbons (Fsp3) is 0.467. The number of benzene rings is 1. The molecule has 108 valence electrons. The first kappa shape index (κ1) is 16.0. The van der Waals surface area contributed by atoms with Crippen molar-refractivity contribution < 1.29 is 14.3 Å². The predicted molar refractivity (Wildman–Crippen MR) is 76.7 cm³/mol. The van der Waals surface area contributed by atoms with E-state index in [1.54, 1.807) is 25.1 Å². The van der Waals surface area contributed by atoms with E-state index in [0.29, 0.717) is 23.4 Å². The van der Waals surface area contributed by atoms with Crippen molar-refractivity contribution in [2.45, 2.75) is 32.3 Å². The second-order valence-electron chi connectivity index (χ2n) is 4.66. The van der Waals surface area contributed by atoms with Crippen LogP contribution in [0.25, 0.3) is 0 Å². The number of anilines is 1. The van der Waals surface area contributed by atoms with E-state index in [9.17, 15) is 4.79 Å². The van der Waals surface area contributed by atoms with Gasteiger partial charge in [-0.25, -0.2) is 0 Å². The highest BCUT2D eigenvalue weighted by Gasteiger charge is 2.32. The Morgan fingerprint density at radius 3 is 2.65 bits per heavy atom. The minimum Gasteiger partial charge on any atom is -0.497 e. The molecule has 1 N–H and O–H groups in total. The third kappa shape index (κ3) is 3.49. The lowest BCUT2D eigenvalue weighted by atomic mass is 9.99. The van der Waals surface area contributed by atoms with E-state index in [0.717, 1.165) is 6.42 Å². The van der Waals surface area contributed by atoms with Crippen LogP contribution < -0.4 is 10.1 Å². The van der Waals surface area contributed by atoms with Crippen LogP contribution in [0.15, 0.2) is 18.2 Å². The fourth-order valence-corrected chi connectivity index (χ4v) is 1.89. The summed E-state index contributed by atoms with van der Waals surface area (Å²) in [5.41, 5.74) is -0.0909. The number of hydrogen-bond acceptors (Lipinski definition) is 4. The van der Waals surface area contributed by atoms with Crippen LogP contribution in [0, 0.1) is 11.3 Å². The van der Waals surface area contributed by atoms with Crippen LogP contribution in [-0.2, 0) is 9.53 Å². The van der Waals surface area contributed by atoms with Crippen LogP contribution in [0.4, 0.5) is 5.69 Å². The van der Waals surface area contributed by atoms with E-state index in [1.807, 2.05) is 13.0 Å². The molecular weight excluding hydrogens is 256 g/mol. The lowest BCUT2D eigenvalue weighted by molar-refractivity contribution is -0.136. The van der Waals surface area contributed by atoms with Gasteiger partial charge in [0, 0.05) is 7.11 Å². The summed E-state index contributed by atoms with van der Waals surface area (Å²) in [6, 6.07) is 6.97. The molecule has 0 radical (unpaired) electrons. The number of nitriles is 1. The first-order valence-corrected chi connectivity index (χ1v) is 6.45. The summed E-state index contributed by atoms with van der Waals surface area (Å²) in [6.45, 7) is 3.72. The van der Waals surface area contributed by atoms with Crippen molar-refractivity contribution in [2.24, 2.45) is 0 Å². The van der Waals surface area contributed by atoms with Gasteiger partial charge in [-0.2, -0.15) is 5.26 Å². The van der Waals surface area contributed by atoms with Gasteiger partial charge in [0.05, 0.1) is 18.4 Å². The molecule has 5 heteroatoms. The zero-order valence-electron chi connectivity index (χ0n) is 12.3. The molecule has 1 aromatic rings. The highest BCUT2D eigenvalue weighted by Crippen LogP contribution is 2.24. The number of ether oxygens (including phenoxy) is 2. The van der Waals surface area contributed by atoms with E-state index in [4.69, 9.17) is 14.7 Å². The van der Waals surface area contributed by atoms with Crippen LogP contribution in [0.2, 0.25) is 0 Å². The Labute approximate surface area is 119 Å². The Kier molecular flexibility index (Phi) is 5.53. The molecule has 0 heterocycles. The maximum atomic E-state index is 12.3. The van der Waals surface area contributed by atoms with Crippen LogP contribution in [0.3, 0.4) is 0 Å². The number of methoxy groups -OCH3 is 2. The normalized spacial score (nSPS) is 13.2. The van der Waals surface area contributed by atoms with Crippen LogP contribution in [0.5, 0.6) is 5.75 Å². The summed E-state index contributed by atoms with van der Waals surface area (Å²) >= 11 is 0. The smallest absolute Gasteiger partial charge is 0.256 e. The molecule has 5 nitrogen and oxygen atoms in total. The van der Waals surface area contributed by atoms with Crippen molar-refractivity contribution in [2.75, 3.05) is 19.5 Å². The van der Waals surface area contributed by atoms with Gasteiger partial charge in [-0.15, -0.1) is 0 Å². The fourth-order valence-electron chi connectivity index (χ4n) is 1.89. The molecule has 0 aliphatic heterocycles. The number of hydrogen-bond donors (Lipinski definition) is 1. The van der Waals surface area contributed by atoms with Crippen molar-refractivity contribution in [1.82, 2.24) is 0 Å². The molecule has 0 fully saturated rings. The molecule has 20 heavy (non-hydrogen) atoms. The highest BCUT2D eigenvalue weighted by atomic mass is 16.5. The summed E-state index contributed by atoms with van der Waals surface area (Å²) in [5, 5.41) is 11.9. The van der Waals surface area contributed by atoms with Gasteiger partial charge in [-0.05, 0) is 31.5 Å². The summed E-state index contributed by atoms with van der Waals surface area (Å²) in [4.78, 5) is 12.3. The van der Waals surface area contributed by atoms with E-state index >= 15 is 0 Å². The monoisotopic (exact) mass is 276 g/mol. The number of nitrogens with zero attached hydrogens (tertiary/aromatic N) is 1. The molecule has 0 aliphatic carbocycles. The second kappa shape index (κ2) is 6.92. The Morgan fingerprint density at radius 2 is 2.15 bits per heavy atom. The van der Waals surface area contributed by atoms with Crippen LogP contribution in [-0.4, -0.2) is 25.7 Å². The number of carbonyl (C=O) groups is 1. The minimum absolute atomic E-state index is 0.261. The zero-order valence-corrected chi connectivity index (χ0v) is 12.3. The maximum absolute atomic E-state index is 12.3. The topological polar surface area (TPSA) is 71.3 Å². The van der Waals surface area contributed by atoms with Crippen molar-refractivity contribution >= 4 is 11.6 Å². The van der Waals surface area contributed by atoms with E-state index in [2.05, 4.69) is 5.32 Å². The van der Waals surface area contributed by atoms with Gasteiger partial charge in [-0.3, -0.25) is 4.79 Å². The molecule has 0 aromatic heterocycles. The molecular formula is C15H20N2O3. The third-order valence-electron chi connectivity index (χ3n) is 3.25. The average Bonchev–Trinajstić information content (AvgIpc) is 2.47. The van der Waals surface area contributed by atoms with Gasteiger partial charge in [-0.1, -0.05) is 13.3 Å². The van der Waals surface area contributed by atoms with Gasteiger partial charge in [0.1, 0.15) is 17.4 Å². The SMILES string of the molecule is CCC[C@](C)(OC)C(=O)Nc1ccc(OC)cc1C#N. The van der Waals surface area contributed by atoms with E-state index < -0.39 is 5.60 Å². The molecule has 1 amide bonds. The van der Waals surface area contributed by atoms with Crippen molar-refractivity contribution in [3.05, 3.63) is 23.8 Å². The van der Waals surface area contributed by atoms with E-state index in [1.165, 1.54) is 14.2 Å². The highest BCUT2D eigenvalue weighted by molar-refractivity contribution is 5.98. The summed E-state index contributed by atoms with van der Waals surface area (Å²) < 4.78 is 10.4. The quantitative estimate of drug-likeness (QED) is 0.867. The number of rotatable bonds is 6. The largest absolute Gasteiger partial charge is 0.497 e. The van der Waals surface area contributed by atoms with Gasteiger partial charge in [0.15, 0.2) is 0 Å². The Morgan fingerprint density at radius 1 is 1.45 bits per heavy atom. The molecule has 0 bridgehead atoms. The number of carbonyl (C=O) groups excluding carboxylic acids is 1. The Balaban J connectivity index is 2.98. The zero-order chi connectivity index (χ0) is 15.2. The van der Waals surface area contributed by atoms with Crippen molar-refractivity contribution in [3.63, 3.8) is 0 Å². The average molecular weight is 276 g/mol. The maximum Gasteiger partial charge on any atom is 0.256 e. The summed E-state index contributed by atoms with van der Waals surface area (Å²) in [5.74, 6) is 0.311. The lowest BCUT2D eigenvalue weighted by Crippen LogP contribution is -2.41. The van der Waals surface area contributed by atoms with E-state index in [-0.39, 0.29) is 5.91 Å². The number of nitrogens with one attached hydrogen (secondary N) is 1. The summed E-state index contributed by atoms with van der Waals surface area (Å²) in [7, 11) is 3.03. The molecule has 0 unspecified atom stereocenters. The van der Waals surface area contributed by atoms with Crippen molar-refractivity contribution in [1.29, 1.82) is 5.26 Å². The summed E-state index contributed by atoms with van der Waals surface area (Å²) in [6.07, 6.45) is 1.43. The molecule has 0 aliphatic rings. The van der Waals surface area contributed by atoms with Crippen LogP contribution in [0.1, 0.15) is 32.3 Å². The van der Waals surface area contributed by atoms with Crippen LogP contribution >= 0.6 is 0 Å². The second-order valence-corrected chi connectivity index (χ2v) is 4.66. The van der Waals surface area contributed by atoms with Gasteiger partial charge in [0.25, 0.3) is 5.91 Å². The molecule has 1 rings (SSSR count). The standard InChI is InChI=1S/C15H20N2O3/c1-5-8-15(2,20-4)14(18)17-13-7-6-12(19-3)9-11(13)10-16/h6-7,9H,5,8H2,1-4H3,(H,17,18)/t15-/m0/s1. The first-order chi connectivity index (χ1) is 9.50. The lowest BCUT2D eigenvalue weighted by Gasteiger charge is -2.26. The first-order valence-electron chi connectivity index (χ1n) is 6.45. The van der Waals surface area contributed by atoms with Gasteiger partial charge in [0.2, 0.25) is 0 Å². The van der Waals surface area contributed by atoms with Crippen molar-refractivity contribution in [3.8, 4) is 11.8 Å². The molecule has 0 saturated carbocycles. The third-order valence-corrected chi connectivity index (χ3v) is 3.25. The van der Waals surface area contributed by atoms with Gasteiger partial charge >= 0.3 is 0 Å². The Hall–Kier alpha value is -2.06. The molecule has 0 spiro atoms. The number of amides is 1. The van der Waals surface area contributed by atoms with Gasteiger partial charge < -0.3 is 14.8 Å². The molecule has 1 atom stereocenters.